The van der Waals surface area contributed by atoms with E-state index in [-0.39, 0.29) is 23.5 Å². The Labute approximate surface area is 234 Å². The van der Waals surface area contributed by atoms with E-state index in [1.165, 1.54) is 27.8 Å². The van der Waals surface area contributed by atoms with Crippen molar-refractivity contribution in [2.24, 2.45) is 0 Å². The maximum Gasteiger partial charge on any atom is 0.260 e. The largest absolute Gasteiger partial charge is 0.376 e. The van der Waals surface area contributed by atoms with Gasteiger partial charge >= 0.3 is 0 Å². The first kappa shape index (κ1) is 27.5. The zero-order valence-corrected chi connectivity index (χ0v) is 24.1. The van der Waals surface area contributed by atoms with Crippen LogP contribution in [0.1, 0.15) is 46.8 Å². The molecule has 5 rings (SSSR count). The number of ether oxygens (including phenoxy) is 1. The molecule has 2 heterocycles. The second-order valence-electron chi connectivity index (χ2n) is 9.84. The normalized spacial score (nSPS) is 15.7. The zero-order valence-electron chi connectivity index (χ0n) is 22.5. The van der Waals surface area contributed by atoms with E-state index in [4.69, 9.17) is 9.72 Å². The Balaban J connectivity index is 1.43. The fourth-order valence-electron chi connectivity index (χ4n) is 4.80. The summed E-state index contributed by atoms with van der Waals surface area (Å²) in [6, 6.07) is 19.9. The van der Waals surface area contributed by atoms with Gasteiger partial charge in [0.15, 0.2) is 5.13 Å². The molecule has 1 atom stereocenters. The van der Waals surface area contributed by atoms with Gasteiger partial charge in [-0.2, -0.15) is 4.31 Å². The number of fused-ring (bicyclic) bond motifs is 1. The summed E-state index contributed by atoms with van der Waals surface area (Å²) in [7, 11) is -3.73. The summed E-state index contributed by atoms with van der Waals surface area (Å²) in [5, 5.41) is 0.621. The number of amides is 1. The van der Waals surface area contributed by atoms with Crippen molar-refractivity contribution in [1.82, 2.24) is 9.29 Å². The highest BCUT2D eigenvalue weighted by Gasteiger charge is 2.28. The molecule has 0 bridgehead atoms. The number of aryl methyl sites for hydroxylation is 2. The quantitative estimate of drug-likeness (QED) is 0.251. The summed E-state index contributed by atoms with van der Waals surface area (Å²) < 4.78 is 35.1. The van der Waals surface area contributed by atoms with Crippen LogP contribution in [0.25, 0.3) is 10.2 Å². The van der Waals surface area contributed by atoms with Crippen molar-refractivity contribution in [2.75, 3.05) is 24.6 Å². The fourth-order valence-corrected chi connectivity index (χ4v) is 7.27. The van der Waals surface area contributed by atoms with Gasteiger partial charge in [-0.25, -0.2) is 13.4 Å². The molecular formula is C30H33N3O4S2. The van der Waals surface area contributed by atoms with Crippen LogP contribution >= 0.6 is 11.3 Å². The maximum absolute atomic E-state index is 13.8. The molecule has 1 unspecified atom stereocenters. The molecule has 1 saturated heterocycles. The summed E-state index contributed by atoms with van der Waals surface area (Å²) in [4.78, 5) is 20.5. The SMILES string of the molecule is CCN(Cc1ccccc1)S(=O)(=O)c1ccc(C(=O)N(CC2CCCO2)c2nc3c(C)c(C)ccc3s2)cc1. The van der Waals surface area contributed by atoms with Gasteiger partial charge in [0.05, 0.1) is 27.8 Å². The van der Waals surface area contributed by atoms with Crippen molar-refractivity contribution >= 4 is 42.6 Å². The summed E-state index contributed by atoms with van der Waals surface area (Å²) in [5.74, 6) is -0.223. The summed E-state index contributed by atoms with van der Waals surface area (Å²) in [6.07, 6.45) is 1.80. The van der Waals surface area contributed by atoms with Gasteiger partial charge in [0.1, 0.15) is 0 Å². The highest BCUT2D eigenvalue weighted by Crippen LogP contribution is 2.33. The van der Waals surface area contributed by atoms with E-state index in [0.29, 0.717) is 30.4 Å². The molecule has 1 aliphatic rings. The third-order valence-corrected chi connectivity index (χ3v) is 10.2. The Morgan fingerprint density at radius 3 is 2.46 bits per heavy atom. The molecule has 3 aromatic carbocycles. The Bertz CT molecular complexity index is 1560. The second-order valence-corrected chi connectivity index (χ2v) is 12.8. The van der Waals surface area contributed by atoms with E-state index in [1.807, 2.05) is 50.2 Å². The average Bonchev–Trinajstić information content (AvgIpc) is 3.63. The van der Waals surface area contributed by atoms with Crippen molar-refractivity contribution < 1.29 is 17.9 Å². The topological polar surface area (TPSA) is 79.8 Å². The van der Waals surface area contributed by atoms with Crippen LogP contribution in [-0.4, -0.2) is 49.4 Å². The minimum absolute atomic E-state index is 0.0560. The number of rotatable bonds is 9. The minimum Gasteiger partial charge on any atom is -0.376 e. The first-order valence-electron chi connectivity index (χ1n) is 13.2. The van der Waals surface area contributed by atoms with Crippen molar-refractivity contribution in [3.05, 3.63) is 89.0 Å². The van der Waals surface area contributed by atoms with Crippen LogP contribution in [0.15, 0.2) is 71.6 Å². The Morgan fingerprint density at radius 2 is 1.79 bits per heavy atom. The first-order valence-corrected chi connectivity index (χ1v) is 15.5. The fraction of sp³-hybridized carbons (Fsp3) is 0.333. The lowest BCUT2D eigenvalue weighted by Crippen LogP contribution is -2.37. The van der Waals surface area contributed by atoms with Gasteiger partial charge in [-0.15, -0.1) is 0 Å². The maximum atomic E-state index is 13.8. The van der Waals surface area contributed by atoms with Crippen LogP contribution in [0, 0.1) is 13.8 Å². The molecular weight excluding hydrogens is 530 g/mol. The monoisotopic (exact) mass is 563 g/mol. The summed E-state index contributed by atoms with van der Waals surface area (Å²) in [6.45, 7) is 7.63. The van der Waals surface area contributed by atoms with Crippen molar-refractivity contribution in [1.29, 1.82) is 0 Å². The van der Waals surface area contributed by atoms with E-state index in [0.717, 1.165) is 39.7 Å². The lowest BCUT2D eigenvalue weighted by molar-refractivity contribution is 0.0917. The van der Waals surface area contributed by atoms with Crippen molar-refractivity contribution in [3.8, 4) is 0 Å². The van der Waals surface area contributed by atoms with E-state index < -0.39 is 10.0 Å². The van der Waals surface area contributed by atoms with Gasteiger partial charge in [-0.05, 0) is 73.7 Å². The molecule has 0 N–H and O–H groups in total. The smallest absolute Gasteiger partial charge is 0.260 e. The molecule has 4 aromatic rings. The highest BCUT2D eigenvalue weighted by molar-refractivity contribution is 7.89. The number of nitrogens with zero attached hydrogens (tertiary/aromatic N) is 3. The first-order chi connectivity index (χ1) is 18.8. The van der Waals surface area contributed by atoms with Gasteiger partial charge in [0.2, 0.25) is 10.0 Å². The van der Waals surface area contributed by atoms with Crippen LogP contribution in [0.5, 0.6) is 0 Å². The molecule has 204 valence electrons. The standard InChI is InChI=1S/C30H33N3O4S2/c1-4-32(19-23-9-6-5-7-10-23)39(35,36)26-15-13-24(14-16-26)29(34)33(20-25-11-8-18-37-25)30-31-28-22(3)21(2)12-17-27(28)38-30/h5-7,9-10,12-17,25H,4,8,11,18-20H2,1-3H3. The number of thiazole rings is 1. The van der Waals surface area contributed by atoms with E-state index >= 15 is 0 Å². The van der Waals surface area contributed by atoms with Crippen LogP contribution < -0.4 is 4.90 Å². The molecule has 0 radical (unpaired) electrons. The highest BCUT2D eigenvalue weighted by atomic mass is 32.2. The Kier molecular flexibility index (Phi) is 8.13. The predicted octanol–water partition coefficient (Wildman–Crippen LogP) is 5.95. The van der Waals surface area contributed by atoms with Crippen molar-refractivity contribution in [3.63, 3.8) is 0 Å². The molecule has 1 aromatic heterocycles. The third-order valence-electron chi connectivity index (χ3n) is 7.25. The Morgan fingerprint density at radius 1 is 1.05 bits per heavy atom. The van der Waals surface area contributed by atoms with Crippen LogP contribution in [0.3, 0.4) is 0 Å². The molecule has 39 heavy (non-hydrogen) atoms. The molecule has 7 nitrogen and oxygen atoms in total. The van der Waals surface area contributed by atoms with Gasteiger partial charge in [-0.3, -0.25) is 9.69 Å². The van der Waals surface area contributed by atoms with Crippen LogP contribution in [-0.2, 0) is 21.3 Å². The number of hydrogen-bond acceptors (Lipinski definition) is 6. The lowest BCUT2D eigenvalue weighted by atomic mass is 10.1. The number of benzene rings is 3. The summed E-state index contributed by atoms with van der Waals surface area (Å²) in [5.41, 5.74) is 4.48. The number of carbonyl (C=O) groups is 1. The molecule has 1 aliphatic heterocycles. The van der Waals surface area contributed by atoms with E-state index in [2.05, 4.69) is 13.0 Å². The number of sulfonamides is 1. The summed E-state index contributed by atoms with van der Waals surface area (Å²) >= 11 is 1.49. The predicted molar refractivity (Wildman–Crippen MR) is 156 cm³/mol. The molecule has 0 aliphatic carbocycles. The van der Waals surface area contributed by atoms with Crippen LogP contribution in [0.2, 0.25) is 0 Å². The second kappa shape index (κ2) is 11.6. The molecule has 1 amide bonds. The molecule has 1 fully saturated rings. The van der Waals surface area contributed by atoms with Crippen molar-refractivity contribution in [2.45, 2.75) is 51.2 Å². The van der Waals surface area contributed by atoms with Gasteiger partial charge in [0.25, 0.3) is 5.91 Å². The van der Waals surface area contributed by atoms with Gasteiger partial charge in [-0.1, -0.05) is 54.7 Å². The minimum atomic E-state index is -3.73. The molecule has 0 saturated carbocycles. The number of hydrogen-bond donors (Lipinski definition) is 0. The Hall–Kier alpha value is -3.11. The zero-order chi connectivity index (χ0) is 27.6. The number of anilines is 1. The van der Waals surface area contributed by atoms with E-state index in [1.54, 1.807) is 17.0 Å². The van der Waals surface area contributed by atoms with Gasteiger partial charge in [0, 0.05) is 25.3 Å². The van der Waals surface area contributed by atoms with E-state index in [9.17, 15) is 13.2 Å². The van der Waals surface area contributed by atoms with Crippen LogP contribution in [0.4, 0.5) is 5.13 Å². The lowest BCUT2D eigenvalue weighted by Gasteiger charge is -2.23. The number of aromatic nitrogens is 1. The third kappa shape index (κ3) is 5.77. The average molecular weight is 564 g/mol. The number of carbonyl (C=O) groups excluding carboxylic acids is 1. The molecule has 0 spiro atoms. The van der Waals surface area contributed by atoms with Gasteiger partial charge < -0.3 is 4.74 Å². The molecule has 9 heteroatoms.